The summed E-state index contributed by atoms with van der Waals surface area (Å²) in [6, 6.07) is 0. The van der Waals surface area contributed by atoms with Crippen molar-refractivity contribution < 1.29 is 0 Å². The summed E-state index contributed by atoms with van der Waals surface area (Å²) < 4.78 is 0. The minimum Gasteiger partial charge on any atom is -0.329 e. The highest BCUT2D eigenvalue weighted by atomic mass is 35.5. The highest BCUT2D eigenvalue weighted by Crippen LogP contribution is 2.34. The SMILES string of the molecule is C#CC(CN)CC1CC1.Cl. The van der Waals surface area contributed by atoms with Crippen LogP contribution in [0.2, 0.25) is 0 Å². The average molecular weight is 160 g/mol. The van der Waals surface area contributed by atoms with Crippen molar-refractivity contribution in [2.45, 2.75) is 19.3 Å². The van der Waals surface area contributed by atoms with E-state index in [2.05, 4.69) is 5.92 Å². The van der Waals surface area contributed by atoms with Crippen molar-refractivity contribution in [3.63, 3.8) is 0 Å². The van der Waals surface area contributed by atoms with Gasteiger partial charge in [-0.3, -0.25) is 0 Å². The monoisotopic (exact) mass is 159 g/mol. The molecule has 58 valence electrons. The van der Waals surface area contributed by atoms with Gasteiger partial charge < -0.3 is 5.73 Å². The Hall–Kier alpha value is -0.190. The van der Waals surface area contributed by atoms with Gasteiger partial charge in [0.25, 0.3) is 0 Å². The minimum atomic E-state index is 0. The first-order chi connectivity index (χ1) is 4.36. The van der Waals surface area contributed by atoms with Gasteiger partial charge in [0, 0.05) is 12.5 Å². The van der Waals surface area contributed by atoms with Gasteiger partial charge in [0.1, 0.15) is 0 Å². The molecule has 0 aromatic carbocycles. The zero-order valence-electron chi connectivity index (χ0n) is 6.05. The Morgan fingerprint density at radius 2 is 2.20 bits per heavy atom. The maximum atomic E-state index is 5.42. The molecule has 0 saturated heterocycles. The van der Waals surface area contributed by atoms with Gasteiger partial charge in [-0.05, 0) is 12.3 Å². The fourth-order valence-electron chi connectivity index (χ4n) is 0.988. The van der Waals surface area contributed by atoms with Crippen molar-refractivity contribution >= 4 is 12.4 Å². The second kappa shape index (κ2) is 4.60. The van der Waals surface area contributed by atoms with Crippen molar-refractivity contribution in [2.24, 2.45) is 17.6 Å². The first-order valence-electron chi connectivity index (χ1n) is 3.53. The molecule has 2 heteroatoms. The van der Waals surface area contributed by atoms with Crippen LogP contribution in [0.25, 0.3) is 0 Å². The smallest absolute Gasteiger partial charge is 0.0325 e. The van der Waals surface area contributed by atoms with E-state index < -0.39 is 0 Å². The summed E-state index contributed by atoms with van der Waals surface area (Å²) in [5, 5.41) is 0. The standard InChI is InChI=1S/C8H13N.ClH/c1-2-7(6-9)5-8-3-4-8;/h1,7-8H,3-6,9H2;1H. The van der Waals surface area contributed by atoms with Gasteiger partial charge in [-0.25, -0.2) is 0 Å². The molecule has 1 atom stereocenters. The van der Waals surface area contributed by atoms with Crippen LogP contribution in [0.15, 0.2) is 0 Å². The Bertz CT molecular complexity index is 124. The number of nitrogens with two attached hydrogens (primary N) is 1. The molecule has 0 spiro atoms. The van der Waals surface area contributed by atoms with E-state index in [0.29, 0.717) is 12.5 Å². The summed E-state index contributed by atoms with van der Waals surface area (Å²) in [6.45, 7) is 0.660. The van der Waals surface area contributed by atoms with Gasteiger partial charge in [0.05, 0.1) is 0 Å². The maximum absolute atomic E-state index is 5.42. The van der Waals surface area contributed by atoms with Crippen molar-refractivity contribution in [2.75, 3.05) is 6.54 Å². The average Bonchev–Trinajstić information content (AvgIpc) is 2.66. The van der Waals surface area contributed by atoms with Crippen LogP contribution in [0.4, 0.5) is 0 Å². The summed E-state index contributed by atoms with van der Waals surface area (Å²) in [7, 11) is 0. The van der Waals surface area contributed by atoms with Crippen molar-refractivity contribution in [3.05, 3.63) is 0 Å². The molecular weight excluding hydrogens is 146 g/mol. The lowest BCUT2D eigenvalue weighted by Gasteiger charge is -2.03. The summed E-state index contributed by atoms with van der Waals surface area (Å²) in [5.41, 5.74) is 5.42. The quantitative estimate of drug-likeness (QED) is 0.620. The van der Waals surface area contributed by atoms with E-state index >= 15 is 0 Å². The molecule has 10 heavy (non-hydrogen) atoms. The molecular formula is C8H14ClN. The van der Waals surface area contributed by atoms with E-state index in [0.717, 1.165) is 12.3 Å². The zero-order valence-corrected chi connectivity index (χ0v) is 6.86. The molecule has 0 radical (unpaired) electrons. The van der Waals surface area contributed by atoms with E-state index in [1.54, 1.807) is 0 Å². The Kier molecular flexibility index (Phi) is 4.51. The second-order valence-corrected chi connectivity index (χ2v) is 2.78. The van der Waals surface area contributed by atoms with Crippen LogP contribution in [-0.2, 0) is 0 Å². The second-order valence-electron chi connectivity index (χ2n) is 2.78. The van der Waals surface area contributed by atoms with E-state index in [1.165, 1.54) is 12.8 Å². The Morgan fingerprint density at radius 1 is 1.60 bits per heavy atom. The molecule has 0 aromatic heterocycles. The third-order valence-electron chi connectivity index (χ3n) is 1.83. The topological polar surface area (TPSA) is 26.0 Å². The van der Waals surface area contributed by atoms with Gasteiger partial charge in [0.2, 0.25) is 0 Å². The van der Waals surface area contributed by atoms with Crippen LogP contribution in [-0.4, -0.2) is 6.54 Å². The van der Waals surface area contributed by atoms with E-state index in [1.807, 2.05) is 0 Å². The van der Waals surface area contributed by atoms with Gasteiger partial charge in [-0.2, -0.15) is 0 Å². The molecule has 0 aromatic rings. The molecule has 1 unspecified atom stereocenters. The van der Waals surface area contributed by atoms with Gasteiger partial charge in [0.15, 0.2) is 0 Å². The molecule has 0 amide bonds. The van der Waals surface area contributed by atoms with E-state index in [-0.39, 0.29) is 12.4 Å². The lowest BCUT2D eigenvalue weighted by Crippen LogP contribution is -2.12. The number of rotatable bonds is 3. The molecule has 1 rings (SSSR count). The molecule has 0 aliphatic heterocycles. The summed E-state index contributed by atoms with van der Waals surface area (Å²) in [6.07, 6.45) is 9.14. The largest absolute Gasteiger partial charge is 0.329 e. The van der Waals surface area contributed by atoms with Gasteiger partial charge in [-0.1, -0.05) is 12.8 Å². The summed E-state index contributed by atoms with van der Waals surface area (Å²) >= 11 is 0. The van der Waals surface area contributed by atoms with Crippen LogP contribution in [0.3, 0.4) is 0 Å². The molecule has 1 aliphatic rings. The van der Waals surface area contributed by atoms with Crippen LogP contribution in [0.5, 0.6) is 0 Å². The highest BCUT2D eigenvalue weighted by molar-refractivity contribution is 5.85. The van der Waals surface area contributed by atoms with Crippen LogP contribution < -0.4 is 5.73 Å². The molecule has 2 N–H and O–H groups in total. The molecule has 1 nitrogen and oxygen atoms in total. The minimum absolute atomic E-state index is 0. The molecule has 0 heterocycles. The number of hydrogen-bond donors (Lipinski definition) is 1. The molecule has 0 bridgehead atoms. The predicted octanol–water partition coefficient (Wildman–Crippen LogP) is 1.42. The van der Waals surface area contributed by atoms with E-state index in [4.69, 9.17) is 12.2 Å². The van der Waals surface area contributed by atoms with Gasteiger partial charge in [-0.15, -0.1) is 24.8 Å². The summed E-state index contributed by atoms with van der Waals surface area (Å²) in [4.78, 5) is 0. The van der Waals surface area contributed by atoms with E-state index in [9.17, 15) is 0 Å². The lowest BCUT2D eigenvalue weighted by molar-refractivity contribution is 0.572. The maximum Gasteiger partial charge on any atom is 0.0325 e. The Morgan fingerprint density at radius 3 is 2.50 bits per heavy atom. The summed E-state index contributed by atoms with van der Waals surface area (Å²) in [5.74, 6) is 3.95. The highest BCUT2D eigenvalue weighted by Gasteiger charge is 2.23. The van der Waals surface area contributed by atoms with Crippen LogP contribution >= 0.6 is 12.4 Å². The Labute approximate surface area is 68.8 Å². The third kappa shape index (κ3) is 3.10. The van der Waals surface area contributed by atoms with Crippen molar-refractivity contribution in [3.8, 4) is 12.3 Å². The van der Waals surface area contributed by atoms with Gasteiger partial charge >= 0.3 is 0 Å². The lowest BCUT2D eigenvalue weighted by atomic mass is 10.0. The first-order valence-corrected chi connectivity index (χ1v) is 3.53. The van der Waals surface area contributed by atoms with Crippen molar-refractivity contribution in [1.29, 1.82) is 0 Å². The van der Waals surface area contributed by atoms with Crippen molar-refractivity contribution in [1.82, 2.24) is 0 Å². The molecule has 1 aliphatic carbocycles. The fourth-order valence-corrected chi connectivity index (χ4v) is 0.988. The third-order valence-corrected chi connectivity index (χ3v) is 1.83. The van der Waals surface area contributed by atoms with Crippen LogP contribution in [0, 0.1) is 24.2 Å². The molecule has 1 fully saturated rings. The van der Waals surface area contributed by atoms with Crippen LogP contribution in [0.1, 0.15) is 19.3 Å². The first kappa shape index (κ1) is 9.81. The normalized spacial score (nSPS) is 18.8. The zero-order chi connectivity index (χ0) is 6.69. The number of hydrogen-bond acceptors (Lipinski definition) is 1. The predicted molar refractivity (Wildman–Crippen MR) is 46.0 cm³/mol. The molecule has 1 saturated carbocycles. The Balaban J connectivity index is 0.000000810. The number of halogens is 1. The number of terminal acetylenes is 1. The fraction of sp³-hybridized carbons (Fsp3) is 0.750.